The monoisotopic (exact) mass is 330 g/mol. The molecule has 1 N–H and O–H groups in total. The predicted molar refractivity (Wildman–Crippen MR) is 91.6 cm³/mol. The van der Waals surface area contributed by atoms with Crippen LogP contribution < -0.4 is 0 Å². The molecule has 1 fully saturated rings. The lowest BCUT2D eigenvalue weighted by atomic mass is 9.89. The van der Waals surface area contributed by atoms with Crippen LogP contribution in [0.1, 0.15) is 37.8 Å². The number of hydrogen-bond donors (Lipinski definition) is 1. The largest absolute Gasteiger partial charge is 0.481 e. The fraction of sp³-hybridized carbons (Fsp3) is 0.579. The van der Waals surface area contributed by atoms with E-state index in [0.717, 1.165) is 25.9 Å². The number of piperidine rings is 1. The fourth-order valence-corrected chi connectivity index (χ4v) is 4.03. The lowest BCUT2D eigenvalue weighted by Gasteiger charge is -2.41. The van der Waals surface area contributed by atoms with E-state index in [0.29, 0.717) is 13.0 Å². The topological polar surface area (TPSA) is 60.9 Å². The third kappa shape index (κ3) is 3.18. The average Bonchev–Trinajstić information content (AvgIpc) is 2.60. The molecular formula is C19H26N2O3. The number of aliphatic carboxylic acids is 1. The third-order valence-electron chi connectivity index (χ3n) is 5.65. The van der Waals surface area contributed by atoms with Gasteiger partial charge in [0.2, 0.25) is 5.91 Å². The summed E-state index contributed by atoms with van der Waals surface area (Å²) in [6, 6.07) is 7.94. The quantitative estimate of drug-likeness (QED) is 0.922. The molecule has 130 valence electrons. The van der Waals surface area contributed by atoms with Gasteiger partial charge in [0.05, 0.1) is 12.0 Å². The van der Waals surface area contributed by atoms with Crippen LogP contribution in [0.5, 0.6) is 0 Å². The van der Waals surface area contributed by atoms with Gasteiger partial charge in [-0.3, -0.25) is 14.5 Å². The summed E-state index contributed by atoms with van der Waals surface area (Å²) >= 11 is 0. The summed E-state index contributed by atoms with van der Waals surface area (Å²) in [4.78, 5) is 28.4. The Labute approximate surface area is 143 Å². The lowest BCUT2D eigenvalue weighted by molar-refractivity contribution is -0.151. The number of amides is 1. The van der Waals surface area contributed by atoms with E-state index in [9.17, 15) is 14.7 Å². The molecule has 0 radical (unpaired) electrons. The van der Waals surface area contributed by atoms with E-state index >= 15 is 0 Å². The van der Waals surface area contributed by atoms with Crippen molar-refractivity contribution in [3.05, 3.63) is 35.4 Å². The first-order valence-electron chi connectivity index (χ1n) is 8.83. The minimum Gasteiger partial charge on any atom is -0.481 e. The number of benzene rings is 1. The number of rotatable bonds is 3. The zero-order valence-corrected chi connectivity index (χ0v) is 14.4. The van der Waals surface area contributed by atoms with E-state index in [4.69, 9.17) is 0 Å². The molecule has 5 nitrogen and oxygen atoms in total. The number of fused-ring (bicyclic) bond motifs is 1. The molecular weight excluding hydrogens is 304 g/mol. The SMILES string of the molecule is CC(C(=O)N1CCC[C@H](C(=O)O)[C@@H]1C)N1CCc2ccccc2C1. The summed E-state index contributed by atoms with van der Waals surface area (Å²) < 4.78 is 0. The highest BCUT2D eigenvalue weighted by molar-refractivity contribution is 5.83. The standard InChI is InChI=1S/C19H26N2O3/c1-13-17(19(23)24)8-5-10-21(13)18(22)14(2)20-11-9-15-6-3-4-7-16(15)12-20/h3-4,6-7,13-14,17H,5,8-12H2,1-2H3,(H,23,24)/t13-,14?,17-/m0/s1. The van der Waals surface area contributed by atoms with Crippen molar-refractivity contribution in [1.82, 2.24) is 9.80 Å². The van der Waals surface area contributed by atoms with Gasteiger partial charge in [0.15, 0.2) is 0 Å². The van der Waals surface area contributed by atoms with Crippen molar-refractivity contribution in [2.45, 2.75) is 51.7 Å². The summed E-state index contributed by atoms with van der Waals surface area (Å²) in [6.45, 7) is 6.14. The van der Waals surface area contributed by atoms with Crippen LogP contribution in [0.25, 0.3) is 0 Å². The predicted octanol–water partition coefficient (Wildman–Crippen LogP) is 2.14. The zero-order valence-electron chi connectivity index (χ0n) is 14.4. The minimum absolute atomic E-state index is 0.0628. The molecule has 3 rings (SSSR count). The molecule has 0 aromatic heterocycles. The van der Waals surface area contributed by atoms with Crippen LogP contribution in [0.2, 0.25) is 0 Å². The molecule has 1 aromatic rings. The maximum absolute atomic E-state index is 13.0. The van der Waals surface area contributed by atoms with Gasteiger partial charge in [-0.1, -0.05) is 24.3 Å². The van der Waals surface area contributed by atoms with Gasteiger partial charge in [0.25, 0.3) is 0 Å². The Kier molecular flexibility index (Phi) is 4.90. The third-order valence-corrected chi connectivity index (χ3v) is 5.65. The minimum atomic E-state index is -0.792. The first-order valence-corrected chi connectivity index (χ1v) is 8.83. The van der Waals surface area contributed by atoms with Crippen LogP contribution in [-0.2, 0) is 22.6 Å². The van der Waals surface area contributed by atoms with Crippen LogP contribution in [0.4, 0.5) is 0 Å². The second-order valence-corrected chi connectivity index (χ2v) is 7.02. The molecule has 2 aliphatic heterocycles. The second-order valence-electron chi connectivity index (χ2n) is 7.02. The Morgan fingerprint density at radius 3 is 2.62 bits per heavy atom. The normalized spacial score (nSPS) is 25.8. The van der Waals surface area contributed by atoms with Gasteiger partial charge < -0.3 is 10.0 Å². The molecule has 2 heterocycles. The van der Waals surface area contributed by atoms with E-state index in [1.807, 2.05) is 19.9 Å². The number of carboxylic acids is 1. The Balaban J connectivity index is 1.70. The number of nitrogens with zero attached hydrogens (tertiary/aromatic N) is 2. The summed E-state index contributed by atoms with van der Waals surface area (Å²) in [6.07, 6.45) is 2.38. The summed E-state index contributed by atoms with van der Waals surface area (Å²) in [5.41, 5.74) is 2.66. The number of likely N-dealkylation sites (tertiary alicyclic amines) is 1. The van der Waals surface area contributed by atoms with Crippen molar-refractivity contribution >= 4 is 11.9 Å². The number of carbonyl (C=O) groups excluding carboxylic acids is 1. The Bertz CT molecular complexity index is 631. The molecule has 2 aliphatic rings. The first kappa shape index (κ1) is 17.0. The molecule has 1 unspecified atom stereocenters. The number of carbonyl (C=O) groups is 2. The average molecular weight is 330 g/mol. The number of hydrogen-bond acceptors (Lipinski definition) is 3. The van der Waals surface area contributed by atoms with Crippen LogP contribution in [0.15, 0.2) is 24.3 Å². The van der Waals surface area contributed by atoms with E-state index in [1.165, 1.54) is 11.1 Å². The summed E-state index contributed by atoms with van der Waals surface area (Å²) in [5.74, 6) is -1.18. The zero-order chi connectivity index (χ0) is 17.3. The van der Waals surface area contributed by atoms with Crippen molar-refractivity contribution in [2.24, 2.45) is 5.92 Å². The van der Waals surface area contributed by atoms with Gasteiger partial charge in [0.1, 0.15) is 0 Å². The van der Waals surface area contributed by atoms with Crippen molar-refractivity contribution in [3.63, 3.8) is 0 Å². The van der Waals surface area contributed by atoms with Crippen molar-refractivity contribution in [3.8, 4) is 0 Å². The van der Waals surface area contributed by atoms with Gasteiger partial charge in [0, 0.05) is 25.7 Å². The Hall–Kier alpha value is -1.88. The maximum atomic E-state index is 13.0. The van der Waals surface area contributed by atoms with Gasteiger partial charge >= 0.3 is 5.97 Å². The molecule has 3 atom stereocenters. The maximum Gasteiger partial charge on any atom is 0.308 e. The van der Waals surface area contributed by atoms with Crippen LogP contribution in [-0.4, -0.2) is 52.0 Å². The van der Waals surface area contributed by atoms with Crippen LogP contribution in [0, 0.1) is 5.92 Å². The fourth-order valence-electron chi connectivity index (χ4n) is 4.03. The highest BCUT2D eigenvalue weighted by Crippen LogP contribution is 2.26. The smallest absolute Gasteiger partial charge is 0.308 e. The summed E-state index contributed by atoms with van der Waals surface area (Å²) in [7, 11) is 0. The van der Waals surface area contributed by atoms with E-state index in [2.05, 4.69) is 23.1 Å². The molecule has 0 spiro atoms. The van der Waals surface area contributed by atoms with Gasteiger partial charge in [-0.2, -0.15) is 0 Å². The molecule has 1 saturated heterocycles. The highest BCUT2D eigenvalue weighted by Gasteiger charge is 2.38. The van der Waals surface area contributed by atoms with Gasteiger partial charge in [-0.25, -0.2) is 0 Å². The molecule has 0 bridgehead atoms. The van der Waals surface area contributed by atoms with Gasteiger partial charge in [-0.05, 0) is 44.2 Å². The summed E-state index contributed by atoms with van der Waals surface area (Å²) in [5, 5.41) is 9.36. The van der Waals surface area contributed by atoms with Crippen molar-refractivity contribution in [1.29, 1.82) is 0 Å². The molecule has 0 aliphatic carbocycles. The molecule has 24 heavy (non-hydrogen) atoms. The van der Waals surface area contributed by atoms with Crippen LogP contribution in [0.3, 0.4) is 0 Å². The lowest BCUT2D eigenvalue weighted by Crippen LogP contribution is -2.55. The van der Waals surface area contributed by atoms with E-state index in [1.54, 1.807) is 4.90 Å². The molecule has 1 amide bonds. The second kappa shape index (κ2) is 6.93. The molecule has 5 heteroatoms. The molecule has 1 aromatic carbocycles. The van der Waals surface area contributed by atoms with E-state index < -0.39 is 11.9 Å². The number of carboxylic acid groups (broad SMARTS) is 1. The Morgan fingerprint density at radius 1 is 1.21 bits per heavy atom. The van der Waals surface area contributed by atoms with Crippen LogP contribution >= 0.6 is 0 Å². The van der Waals surface area contributed by atoms with Crippen molar-refractivity contribution in [2.75, 3.05) is 13.1 Å². The first-order chi connectivity index (χ1) is 11.5. The van der Waals surface area contributed by atoms with Crippen molar-refractivity contribution < 1.29 is 14.7 Å². The molecule has 0 saturated carbocycles. The van der Waals surface area contributed by atoms with E-state index in [-0.39, 0.29) is 18.0 Å². The highest BCUT2D eigenvalue weighted by atomic mass is 16.4. The van der Waals surface area contributed by atoms with Gasteiger partial charge in [-0.15, -0.1) is 0 Å². The Morgan fingerprint density at radius 2 is 1.92 bits per heavy atom.